The Morgan fingerprint density at radius 1 is 0.600 bits per heavy atom. The van der Waals surface area contributed by atoms with E-state index in [9.17, 15) is 0 Å². The molecule has 1 heterocycles. The summed E-state index contributed by atoms with van der Waals surface area (Å²) in [6.45, 7) is 0. The third kappa shape index (κ3) is 5.21. The molecule has 6 nitrogen and oxygen atoms in total. The maximum Gasteiger partial charge on any atom is 0.161 e. The average molecular weight is 400 g/mol. The molecule has 0 radical (unpaired) electrons. The van der Waals surface area contributed by atoms with Gasteiger partial charge in [-0.05, 0) is 42.2 Å². The van der Waals surface area contributed by atoms with Crippen molar-refractivity contribution < 1.29 is 18.9 Å². The molecule has 150 valence electrons. The first kappa shape index (κ1) is 20.6. The minimum Gasteiger partial charge on any atom is -0.497 e. The summed E-state index contributed by atoms with van der Waals surface area (Å²) >= 11 is 0. The van der Waals surface area contributed by atoms with Gasteiger partial charge in [0.1, 0.15) is 22.9 Å². The smallest absolute Gasteiger partial charge is 0.161 e. The Labute approximate surface area is 175 Å². The van der Waals surface area contributed by atoms with Crippen molar-refractivity contribution in [1.29, 1.82) is 0 Å². The molecule has 0 atom stereocenters. The molecule has 0 unspecified atom stereocenters. The van der Waals surface area contributed by atoms with E-state index in [-0.39, 0.29) is 0 Å². The molecule has 0 N–H and O–H groups in total. The van der Waals surface area contributed by atoms with Crippen molar-refractivity contribution in [3.8, 4) is 46.7 Å². The van der Waals surface area contributed by atoms with Gasteiger partial charge < -0.3 is 18.9 Å². The molecular weight excluding hydrogens is 380 g/mol. The van der Waals surface area contributed by atoms with Crippen molar-refractivity contribution in [2.75, 3.05) is 28.4 Å². The van der Waals surface area contributed by atoms with E-state index < -0.39 is 0 Å². The van der Waals surface area contributed by atoms with Crippen molar-refractivity contribution in [2.45, 2.75) is 0 Å². The zero-order valence-corrected chi connectivity index (χ0v) is 17.1. The van der Waals surface area contributed by atoms with Crippen LogP contribution >= 0.6 is 0 Å². The lowest BCUT2D eigenvalue weighted by Gasteiger charge is -2.06. The van der Waals surface area contributed by atoms with Gasteiger partial charge in [-0.1, -0.05) is 11.8 Å². The van der Waals surface area contributed by atoms with E-state index in [1.807, 2.05) is 18.2 Å². The van der Waals surface area contributed by atoms with Gasteiger partial charge in [0.2, 0.25) is 0 Å². The lowest BCUT2D eigenvalue weighted by Crippen LogP contribution is -1.92. The predicted octanol–water partition coefficient (Wildman–Crippen LogP) is 3.31. The van der Waals surface area contributed by atoms with E-state index >= 15 is 0 Å². The van der Waals surface area contributed by atoms with E-state index in [0.717, 1.165) is 11.1 Å². The van der Waals surface area contributed by atoms with Gasteiger partial charge in [0.25, 0.3) is 0 Å². The van der Waals surface area contributed by atoms with Crippen molar-refractivity contribution in [1.82, 2.24) is 9.97 Å². The lowest BCUT2D eigenvalue weighted by molar-refractivity contribution is 0.355. The molecule has 0 aliphatic heterocycles. The molecule has 0 bridgehead atoms. The minimum atomic E-state index is 0.510. The molecular formula is C24H20N2O4. The van der Waals surface area contributed by atoms with Crippen LogP contribution in [0.1, 0.15) is 22.5 Å². The monoisotopic (exact) mass is 400 g/mol. The minimum absolute atomic E-state index is 0.510. The highest BCUT2D eigenvalue weighted by molar-refractivity contribution is 5.50. The molecule has 1 aromatic heterocycles. The number of ether oxygens (including phenoxy) is 4. The van der Waals surface area contributed by atoms with Crippen molar-refractivity contribution >= 4 is 0 Å². The molecule has 3 aromatic rings. The quantitative estimate of drug-likeness (QED) is 0.626. The largest absolute Gasteiger partial charge is 0.497 e. The number of rotatable bonds is 4. The van der Waals surface area contributed by atoms with Gasteiger partial charge in [0, 0.05) is 17.2 Å². The normalized spacial score (nSPS) is 9.47. The molecule has 30 heavy (non-hydrogen) atoms. The number of benzene rings is 2. The third-order valence-electron chi connectivity index (χ3n) is 4.04. The molecule has 0 amide bonds. The van der Waals surface area contributed by atoms with E-state index in [4.69, 9.17) is 18.9 Å². The fraction of sp³-hybridized carbons (Fsp3) is 0.167. The molecule has 0 fully saturated rings. The summed E-state index contributed by atoms with van der Waals surface area (Å²) in [5, 5.41) is 0. The van der Waals surface area contributed by atoms with Crippen LogP contribution in [0.4, 0.5) is 0 Å². The van der Waals surface area contributed by atoms with Crippen molar-refractivity contribution in [3.05, 3.63) is 71.3 Å². The van der Waals surface area contributed by atoms with Crippen LogP contribution in [0.3, 0.4) is 0 Å². The lowest BCUT2D eigenvalue weighted by atomic mass is 10.2. The summed E-state index contributed by atoms with van der Waals surface area (Å²) in [6.07, 6.45) is 3.18. The Balaban J connectivity index is 1.84. The van der Waals surface area contributed by atoms with Gasteiger partial charge in [-0.3, -0.25) is 4.98 Å². The maximum absolute atomic E-state index is 5.30. The fourth-order valence-electron chi connectivity index (χ4n) is 2.55. The Kier molecular flexibility index (Phi) is 6.76. The highest BCUT2D eigenvalue weighted by Crippen LogP contribution is 2.27. The number of hydrogen-bond acceptors (Lipinski definition) is 6. The standard InChI is InChI=1S/C24H20N2O4/c1-27-21-11-18(12-22(14-21)28-2)6-9-20-16-25-15-19(26-20)8-5-17-7-10-23(29-3)24(13-17)30-4/h7,10-16H,1-4H3. The molecule has 0 spiro atoms. The van der Waals surface area contributed by atoms with Crippen LogP contribution in [0.15, 0.2) is 48.8 Å². The second-order valence-electron chi connectivity index (χ2n) is 5.96. The summed E-state index contributed by atoms with van der Waals surface area (Å²) < 4.78 is 21.1. The summed E-state index contributed by atoms with van der Waals surface area (Å²) in [5.74, 6) is 14.7. The van der Waals surface area contributed by atoms with Crippen LogP contribution in [0.2, 0.25) is 0 Å². The van der Waals surface area contributed by atoms with E-state index in [2.05, 4.69) is 33.6 Å². The van der Waals surface area contributed by atoms with E-state index in [0.29, 0.717) is 34.4 Å². The molecule has 6 heteroatoms. The predicted molar refractivity (Wildman–Crippen MR) is 113 cm³/mol. The van der Waals surface area contributed by atoms with Crippen molar-refractivity contribution in [3.63, 3.8) is 0 Å². The zero-order chi connectivity index (χ0) is 21.3. The van der Waals surface area contributed by atoms with Gasteiger partial charge in [-0.2, -0.15) is 0 Å². The molecule has 3 rings (SSSR count). The van der Waals surface area contributed by atoms with Gasteiger partial charge in [0.15, 0.2) is 11.5 Å². The topological polar surface area (TPSA) is 62.7 Å². The number of hydrogen-bond donors (Lipinski definition) is 0. The molecule has 2 aromatic carbocycles. The molecule has 0 saturated heterocycles. The van der Waals surface area contributed by atoms with Crippen LogP contribution in [0.25, 0.3) is 0 Å². The second kappa shape index (κ2) is 9.86. The van der Waals surface area contributed by atoms with Crippen LogP contribution in [-0.2, 0) is 0 Å². The van der Waals surface area contributed by atoms with Gasteiger partial charge in [-0.25, -0.2) is 4.98 Å². The Bertz CT molecular complexity index is 1140. The van der Waals surface area contributed by atoms with Crippen LogP contribution < -0.4 is 18.9 Å². The van der Waals surface area contributed by atoms with Gasteiger partial charge in [-0.15, -0.1) is 0 Å². The summed E-state index contributed by atoms with van der Waals surface area (Å²) in [4.78, 5) is 8.61. The van der Waals surface area contributed by atoms with Crippen LogP contribution in [0.5, 0.6) is 23.0 Å². The summed E-state index contributed by atoms with van der Waals surface area (Å²) in [7, 11) is 6.36. The number of methoxy groups -OCH3 is 4. The summed E-state index contributed by atoms with van der Waals surface area (Å²) in [6, 6.07) is 10.9. The van der Waals surface area contributed by atoms with Gasteiger partial charge >= 0.3 is 0 Å². The highest BCUT2D eigenvalue weighted by Gasteiger charge is 2.03. The molecule has 0 aliphatic rings. The number of nitrogens with zero attached hydrogens (tertiary/aromatic N) is 2. The van der Waals surface area contributed by atoms with E-state index in [1.54, 1.807) is 59.0 Å². The fourth-order valence-corrected chi connectivity index (χ4v) is 2.55. The maximum atomic E-state index is 5.30. The third-order valence-corrected chi connectivity index (χ3v) is 4.04. The molecule has 0 aliphatic carbocycles. The Morgan fingerprint density at radius 3 is 1.77 bits per heavy atom. The van der Waals surface area contributed by atoms with E-state index in [1.165, 1.54) is 0 Å². The first-order valence-electron chi connectivity index (χ1n) is 8.96. The zero-order valence-electron chi connectivity index (χ0n) is 17.1. The molecule has 0 saturated carbocycles. The SMILES string of the molecule is COc1cc(C#Cc2cncc(C#Cc3ccc(OC)c(OC)c3)n2)cc(OC)c1. The summed E-state index contributed by atoms with van der Waals surface area (Å²) in [5.41, 5.74) is 2.54. The second-order valence-corrected chi connectivity index (χ2v) is 5.96. The Hall–Kier alpha value is -4.16. The number of aromatic nitrogens is 2. The first-order chi connectivity index (χ1) is 14.6. The first-order valence-corrected chi connectivity index (χ1v) is 8.96. The van der Waals surface area contributed by atoms with Crippen LogP contribution in [0, 0.1) is 23.7 Å². The average Bonchev–Trinajstić information content (AvgIpc) is 2.81. The highest BCUT2D eigenvalue weighted by atomic mass is 16.5. The van der Waals surface area contributed by atoms with Crippen molar-refractivity contribution in [2.24, 2.45) is 0 Å². The Morgan fingerprint density at radius 2 is 1.20 bits per heavy atom. The van der Waals surface area contributed by atoms with Crippen LogP contribution in [-0.4, -0.2) is 38.4 Å². The van der Waals surface area contributed by atoms with Gasteiger partial charge in [0.05, 0.1) is 40.8 Å².